The fourth-order valence-corrected chi connectivity index (χ4v) is 2.36. The van der Waals surface area contributed by atoms with Crippen LogP contribution < -0.4 is 5.43 Å². The molecule has 2 aliphatic heterocycles. The molecule has 2 rings (SSSR count). The topological polar surface area (TPSA) is 50.8 Å². The van der Waals surface area contributed by atoms with E-state index < -0.39 is 6.10 Å². The molecule has 1 N–H and O–H groups in total. The van der Waals surface area contributed by atoms with E-state index in [-0.39, 0.29) is 12.0 Å². The first-order valence-corrected chi connectivity index (χ1v) is 7.04. The van der Waals surface area contributed by atoms with E-state index in [0.29, 0.717) is 6.61 Å². The third-order valence-corrected chi connectivity index (χ3v) is 3.55. The van der Waals surface area contributed by atoms with Crippen LogP contribution in [0.15, 0.2) is 0 Å². The summed E-state index contributed by atoms with van der Waals surface area (Å²) in [6.45, 7) is 5.04. The second-order valence-corrected chi connectivity index (χ2v) is 5.13. The number of hydrogen-bond acceptors (Lipinski definition) is 4. The minimum atomic E-state index is -0.406. The number of ether oxygens (including phenoxy) is 2. The average molecular weight is 256 g/mol. The molecule has 2 aliphatic rings. The molecule has 0 unspecified atom stereocenters. The average Bonchev–Trinajstić information content (AvgIpc) is 2.90. The molecule has 0 aromatic rings. The summed E-state index contributed by atoms with van der Waals surface area (Å²) < 4.78 is 11.0. The fourth-order valence-electron chi connectivity index (χ4n) is 2.36. The molecule has 0 radical (unpaired) electrons. The second-order valence-electron chi connectivity index (χ2n) is 5.13. The minimum absolute atomic E-state index is 0.0464. The Balaban J connectivity index is 1.63. The first-order valence-electron chi connectivity index (χ1n) is 7.04. The van der Waals surface area contributed by atoms with Gasteiger partial charge in [0.15, 0.2) is 0 Å². The monoisotopic (exact) mass is 256 g/mol. The van der Waals surface area contributed by atoms with E-state index in [1.165, 1.54) is 6.42 Å². The van der Waals surface area contributed by atoms with Crippen LogP contribution in [0.5, 0.6) is 0 Å². The summed E-state index contributed by atoms with van der Waals surface area (Å²) in [5.74, 6) is -0.0464. The van der Waals surface area contributed by atoms with Gasteiger partial charge in [0.2, 0.25) is 0 Å². The largest absolute Gasteiger partial charge is 0.376 e. The molecule has 0 aromatic carbocycles. The Morgan fingerprint density at radius 1 is 1.39 bits per heavy atom. The second kappa shape index (κ2) is 7.07. The molecule has 0 bridgehead atoms. The number of hydrazine groups is 1. The third-order valence-electron chi connectivity index (χ3n) is 3.55. The summed E-state index contributed by atoms with van der Waals surface area (Å²) in [6.07, 6.45) is 5.49. The van der Waals surface area contributed by atoms with Gasteiger partial charge in [-0.05, 0) is 32.6 Å². The Kier molecular flexibility index (Phi) is 5.41. The maximum atomic E-state index is 11.9. The standard InChI is InChI=1S/C13H24N2O3/c1-11(18-10-12-6-5-9-17-12)13(16)14-15-7-3-2-4-8-15/h11-12H,2-10H2,1H3,(H,14,16)/t11-,12-/m1/s1. The number of nitrogens with one attached hydrogen (secondary N) is 1. The van der Waals surface area contributed by atoms with Gasteiger partial charge in [-0.25, -0.2) is 5.01 Å². The van der Waals surface area contributed by atoms with E-state index in [4.69, 9.17) is 9.47 Å². The van der Waals surface area contributed by atoms with Gasteiger partial charge in [-0.3, -0.25) is 10.2 Å². The predicted octanol–water partition coefficient (Wildman–Crippen LogP) is 1.09. The van der Waals surface area contributed by atoms with Gasteiger partial charge in [0.1, 0.15) is 6.10 Å². The van der Waals surface area contributed by atoms with Crippen molar-refractivity contribution in [2.45, 2.75) is 51.2 Å². The van der Waals surface area contributed by atoms with Crippen molar-refractivity contribution in [3.05, 3.63) is 0 Å². The Morgan fingerprint density at radius 2 is 2.17 bits per heavy atom. The molecular weight excluding hydrogens is 232 g/mol. The van der Waals surface area contributed by atoms with Crippen molar-refractivity contribution in [3.63, 3.8) is 0 Å². The van der Waals surface area contributed by atoms with E-state index in [1.54, 1.807) is 6.92 Å². The van der Waals surface area contributed by atoms with E-state index >= 15 is 0 Å². The highest BCUT2D eigenvalue weighted by Crippen LogP contribution is 2.13. The van der Waals surface area contributed by atoms with Crippen LogP contribution >= 0.6 is 0 Å². The highest BCUT2D eigenvalue weighted by molar-refractivity contribution is 5.79. The number of nitrogens with zero attached hydrogens (tertiary/aromatic N) is 1. The molecule has 0 aromatic heterocycles. The van der Waals surface area contributed by atoms with E-state index in [2.05, 4.69) is 5.43 Å². The Bertz CT molecular complexity index is 261. The van der Waals surface area contributed by atoms with Crippen molar-refractivity contribution in [2.24, 2.45) is 0 Å². The Labute approximate surface area is 109 Å². The smallest absolute Gasteiger partial charge is 0.263 e. The summed E-state index contributed by atoms with van der Waals surface area (Å²) in [7, 11) is 0. The number of piperidine rings is 1. The quantitative estimate of drug-likeness (QED) is 0.800. The molecule has 0 saturated carbocycles. The summed E-state index contributed by atoms with van der Waals surface area (Å²) in [5.41, 5.74) is 2.92. The zero-order chi connectivity index (χ0) is 12.8. The van der Waals surface area contributed by atoms with Crippen LogP contribution in [0, 0.1) is 0 Å². The lowest BCUT2D eigenvalue weighted by molar-refractivity contribution is -0.139. The molecule has 2 saturated heterocycles. The summed E-state index contributed by atoms with van der Waals surface area (Å²) in [6, 6.07) is 0. The van der Waals surface area contributed by atoms with Crippen LogP contribution in [0.4, 0.5) is 0 Å². The SMILES string of the molecule is C[C@@H](OC[C@H]1CCCO1)C(=O)NN1CCCCC1. The van der Waals surface area contributed by atoms with Gasteiger partial charge in [0.05, 0.1) is 12.7 Å². The lowest BCUT2D eigenvalue weighted by atomic mass is 10.2. The maximum Gasteiger partial charge on any atom is 0.263 e. The molecule has 18 heavy (non-hydrogen) atoms. The molecule has 2 fully saturated rings. The lowest BCUT2D eigenvalue weighted by Crippen LogP contribution is -2.49. The Morgan fingerprint density at radius 3 is 2.83 bits per heavy atom. The highest BCUT2D eigenvalue weighted by atomic mass is 16.5. The minimum Gasteiger partial charge on any atom is -0.376 e. The molecule has 5 nitrogen and oxygen atoms in total. The molecule has 0 spiro atoms. The highest BCUT2D eigenvalue weighted by Gasteiger charge is 2.21. The van der Waals surface area contributed by atoms with Crippen LogP contribution in [0.2, 0.25) is 0 Å². The summed E-state index contributed by atoms with van der Waals surface area (Å²) in [5, 5.41) is 2.00. The lowest BCUT2D eigenvalue weighted by Gasteiger charge is -2.28. The molecule has 104 valence electrons. The Hall–Kier alpha value is -0.650. The zero-order valence-corrected chi connectivity index (χ0v) is 11.2. The van der Waals surface area contributed by atoms with Gasteiger partial charge in [-0.1, -0.05) is 6.42 Å². The van der Waals surface area contributed by atoms with Crippen LogP contribution in [0.1, 0.15) is 39.0 Å². The number of carbonyl (C=O) groups is 1. The molecule has 2 atom stereocenters. The number of hydrogen-bond donors (Lipinski definition) is 1. The van der Waals surface area contributed by atoms with Crippen molar-refractivity contribution in [1.82, 2.24) is 10.4 Å². The first-order chi connectivity index (χ1) is 8.75. The first kappa shape index (κ1) is 13.8. The van der Waals surface area contributed by atoms with E-state index in [9.17, 15) is 4.79 Å². The maximum absolute atomic E-state index is 11.9. The summed E-state index contributed by atoms with van der Waals surface area (Å²) in [4.78, 5) is 11.9. The fraction of sp³-hybridized carbons (Fsp3) is 0.923. The van der Waals surface area contributed by atoms with Gasteiger partial charge in [0.25, 0.3) is 5.91 Å². The van der Waals surface area contributed by atoms with Crippen molar-refractivity contribution >= 4 is 5.91 Å². The molecule has 1 amide bonds. The number of rotatable bonds is 5. The van der Waals surface area contributed by atoms with Crippen molar-refractivity contribution in [3.8, 4) is 0 Å². The van der Waals surface area contributed by atoms with Crippen molar-refractivity contribution < 1.29 is 14.3 Å². The van der Waals surface area contributed by atoms with Gasteiger partial charge < -0.3 is 9.47 Å². The van der Waals surface area contributed by atoms with Gasteiger partial charge in [0, 0.05) is 19.7 Å². The van der Waals surface area contributed by atoms with E-state index in [0.717, 1.165) is 45.4 Å². The van der Waals surface area contributed by atoms with Crippen LogP contribution in [-0.4, -0.2) is 49.4 Å². The normalized spacial score (nSPS) is 27.1. The number of amides is 1. The number of carbonyl (C=O) groups excluding carboxylic acids is 1. The molecule has 0 aliphatic carbocycles. The van der Waals surface area contributed by atoms with Gasteiger partial charge >= 0.3 is 0 Å². The van der Waals surface area contributed by atoms with Crippen LogP contribution in [0.25, 0.3) is 0 Å². The third kappa shape index (κ3) is 4.23. The summed E-state index contributed by atoms with van der Waals surface area (Å²) >= 11 is 0. The molecule has 2 heterocycles. The van der Waals surface area contributed by atoms with Gasteiger partial charge in [-0.2, -0.15) is 0 Å². The van der Waals surface area contributed by atoms with Crippen molar-refractivity contribution in [2.75, 3.05) is 26.3 Å². The van der Waals surface area contributed by atoms with Crippen LogP contribution in [-0.2, 0) is 14.3 Å². The molecular formula is C13H24N2O3. The van der Waals surface area contributed by atoms with Gasteiger partial charge in [-0.15, -0.1) is 0 Å². The zero-order valence-electron chi connectivity index (χ0n) is 11.2. The predicted molar refractivity (Wildman–Crippen MR) is 68.0 cm³/mol. The van der Waals surface area contributed by atoms with Crippen molar-refractivity contribution in [1.29, 1.82) is 0 Å². The van der Waals surface area contributed by atoms with Crippen LogP contribution in [0.3, 0.4) is 0 Å². The van der Waals surface area contributed by atoms with E-state index in [1.807, 2.05) is 5.01 Å². The molecule has 5 heteroatoms.